The smallest absolute Gasteiger partial charge is 0.137 e. The van der Waals surface area contributed by atoms with Crippen LogP contribution in [0.1, 0.15) is 75.1 Å². The van der Waals surface area contributed by atoms with Crippen molar-refractivity contribution < 1.29 is 9.90 Å². The number of carbonyl (C=O) groups excluding carboxylic acids is 1. The van der Waals surface area contributed by atoms with Gasteiger partial charge in [-0.3, -0.25) is 4.79 Å². The van der Waals surface area contributed by atoms with Crippen LogP contribution in [0.5, 0.6) is 0 Å². The molecule has 0 unspecified atom stereocenters. The summed E-state index contributed by atoms with van der Waals surface area (Å²) >= 11 is 6.20. The first-order valence-electron chi connectivity index (χ1n) is 11.3. The number of aliphatic hydroxyl groups excluding tert-OH is 1. The zero-order valence-corrected chi connectivity index (χ0v) is 20.2. The predicted octanol–water partition coefficient (Wildman–Crippen LogP) is 5.88. The molecule has 2 atom stereocenters. The molecule has 0 spiro atoms. The quantitative estimate of drug-likeness (QED) is 0.456. The van der Waals surface area contributed by atoms with Crippen LogP contribution in [-0.4, -0.2) is 23.5 Å². The Morgan fingerprint density at radius 2 is 1.77 bits per heavy atom. The van der Waals surface area contributed by atoms with Crippen molar-refractivity contribution in [2.75, 3.05) is 6.61 Å². The molecule has 3 nitrogen and oxygen atoms in total. The van der Waals surface area contributed by atoms with Crippen LogP contribution in [0.15, 0.2) is 42.5 Å². The topological polar surface area (TPSA) is 63.3 Å². The second-order valence-corrected chi connectivity index (χ2v) is 10.3. The Bertz CT molecular complexity index is 857. The number of ketones is 1. The molecule has 0 aliphatic heterocycles. The molecule has 0 amide bonds. The Balaban J connectivity index is 2.13. The molecule has 170 valence electrons. The molecule has 31 heavy (non-hydrogen) atoms. The van der Waals surface area contributed by atoms with E-state index in [1.807, 2.05) is 24.3 Å². The van der Waals surface area contributed by atoms with E-state index in [0.717, 1.165) is 24.8 Å². The largest absolute Gasteiger partial charge is 0.395 e. The van der Waals surface area contributed by atoms with Crippen LogP contribution in [0, 0.1) is 5.41 Å². The summed E-state index contributed by atoms with van der Waals surface area (Å²) in [5.74, 6) is 0.447. The monoisotopic (exact) mass is 443 g/mol. The number of nitrogens with two attached hydrogens (primary N) is 1. The number of carbonyl (C=O) groups is 1. The first kappa shape index (κ1) is 25.6. The third-order valence-corrected chi connectivity index (χ3v) is 6.26. The van der Waals surface area contributed by atoms with E-state index in [4.69, 9.17) is 17.3 Å². The second kappa shape index (κ2) is 11.8. The Kier molecular flexibility index (Phi) is 9.74. The zero-order valence-electron chi connectivity index (χ0n) is 19.5. The number of hydrogen-bond donors (Lipinski definition) is 2. The molecule has 0 fully saturated rings. The van der Waals surface area contributed by atoms with E-state index in [2.05, 4.69) is 45.9 Å². The van der Waals surface area contributed by atoms with E-state index in [1.54, 1.807) is 0 Å². The molecule has 2 aromatic carbocycles. The number of hydrogen-bond acceptors (Lipinski definition) is 3. The van der Waals surface area contributed by atoms with Gasteiger partial charge in [0.25, 0.3) is 0 Å². The van der Waals surface area contributed by atoms with Gasteiger partial charge < -0.3 is 10.8 Å². The van der Waals surface area contributed by atoms with Crippen molar-refractivity contribution >= 4 is 17.4 Å². The molecule has 0 aliphatic rings. The van der Waals surface area contributed by atoms with Gasteiger partial charge in [-0.25, -0.2) is 0 Å². The van der Waals surface area contributed by atoms with E-state index < -0.39 is 0 Å². The minimum absolute atomic E-state index is 0.0300. The molecule has 0 saturated heterocycles. The molecule has 0 radical (unpaired) electrons. The maximum absolute atomic E-state index is 12.6. The lowest BCUT2D eigenvalue weighted by Crippen LogP contribution is -2.28. The lowest BCUT2D eigenvalue weighted by Gasteiger charge is -2.24. The van der Waals surface area contributed by atoms with E-state index in [-0.39, 0.29) is 29.8 Å². The van der Waals surface area contributed by atoms with Crippen molar-refractivity contribution in [3.63, 3.8) is 0 Å². The summed E-state index contributed by atoms with van der Waals surface area (Å²) in [6, 6.07) is 13.7. The van der Waals surface area contributed by atoms with Gasteiger partial charge in [-0.15, -0.1) is 0 Å². The van der Waals surface area contributed by atoms with Crippen LogP contribution in [0.25, 0.3) is 0 Å². The van der Waals surface area contributed by atoms with Crippen molar-refractivity contribution in [2.24, 2.45) is 11.1 Å². The highest BCUT2D eigenvalue weighted by Gasteiger charge is 2.19. The lowest BCUT2D eigenvalue weighted by molar-refractivity contribution is -0.118. The summed E-state index contributed by atoms with van der Waals surface area (Å²) in [6.45, 7) is 8.91. The van der Waals surface area contributed by atoms with E-state index in [0.29, 0.717) is 24.3 Å². The number of Topliss-reactive ketones (excluding diaryl/α,β-unsaturated/α-hetero) is 1. The fourth-order valence-electron chi connectivity index (χ4n) is 3.91. The third kappa shape index (κ3) is 8.40. The van der Waals surface area contributed by atoms with Gasteiger partial charge in [-0.2, -0.15) is 0 Å². The van der Waals surface area contributed by atoms with E-state index in [9.17, 15) is 9.90 Å². The number of aliphatic hydroxyl groups is 1. The first-order chi connectivity index (χ1) is 14.6. The maximum Gasteiger partial charge on any atom is 0.137 e. The van der Waals surface area contributed by atoms with Gasteiger partial charge in [-0.05, 0) is 65.3 Å². The van der Waals surface area contributed by atoms with Crippen LogP contribution in [0.4, 0.5) is 0 Å². The molecule has 0 saturated carbocycles. The van der Waals surface area contributed by atoms with Crippen molar-refractivity contribution in [2.45, 2.75) is 78.2 Å². The predicted molar refractivity (Wildman–Crippen MR) is 131 cm³/mol. The van der Waals surface area contributed by atoms with Gasteiger partial charge >= 0.3 is 0 Å². The molecular formula is C27H38ClNO2. The van der Waals surface area contributed by atoms with Crippen LogP contribution in [0.3, 0.4) is 0 Å². The first-order valence-corrected chi connectivity index (χ1v) is 11.7. The highest BCUT2D eigenvalue weighted by atomic mass is 35.5. The Morgan fingerprint density at radius 3 is 2.42 bits per heavy atom. The summed E-state index contributed by atoms with van der Waals surface area (Å²) in [4.78, 5) is 12.6. The molecule has 2 rings (SSSR count). The highest BCUT2D eigenvalue weighted by Crippen LogP contribution is 2.30. The van der Waals surface area contributed by atoms with Gasteiger partial charge in [-0.1, -0.05) is 75.7 Å². The van der Waals surface area contributed by atoms with Crippen molar-refractivity contribution in [1.82, 2.24) is 0 Å². The molecule has 2 aromatic rings. The van der Waals surface area contributed by atoms with Gasteiger partial charge in [0.1, 0.15) is 5.78 Å². The summed E-state index contributed by atoms with van der Waals surface area (Å²) in [7, 11) is 0. The van der Waals surface area contributed by atoms with Gasteiger partial charge in [0.2, 0.25) is 0 Å². The van der Waals surface area contributed by atoms with Crippen LogP contribution < -0.4 is 5.73 Å². The summed E-state index contributed by atoms with van der Waals surface area (Å²) < 4.78 is 0. The average Bonchev–Trinajstić information content (AvgIpc) is 2.72. The normalized spacial score (nSPS) is 13.8. The van der Waals surface area contributed by atoms with Gasteiger partial charge in [0.15, 0.2) is 0 Å². The van der Waals surface area contributed by atoms with Gasteiger partial charge in [0, 0.05) is 23.9 Å². The third-order valence-electron chi connectivity index (χ3n) is 5.89. The number of benzene rings is 2. The summed E-state index contributed by atoms with van der Waals surface area (Å²) in [5, 5.41) is 10.2. The minimum Gasteiger partial charge on any atom is -0.395 e. The minimum atomic E-state index is -0.274. The van der Waals surface area contributed by atoms with Gasteiger partial charge in [0.05, 0.1) is 6.61 Å². The van der Waals surface area contributed by atoms with Crippen LogP contribution >= 0.6 is 11.6 Å². The second-order valence-electron chi connectivity index (χ2n) is 9.94. The molecule has 4 heteroatoms. The fraction of sp³-hybridized carbons (Fsp3) is 0.519. The highest BCUT2D eigenvalue weighted by molar-refractivity contribution is 6.31. The Morgan fingerprint density at radius 1 is 1.10 bits per heavy atom. The number of halogens is 1. The van der Waals surface area contributed by atoms with E-state index in [1.165, 1.54) is 16.7 Å². The zero-order chi connectivity index (χ0) is 23.0. The maximum atomic E-state index is 12.6. The fourth-order valence-corrected chi connectivity index (χ4v) is 4.11. The van der Waals surface area contributed by atoms with Crippen LogP contribution in [0.2, 0.25) is 5.02 Å². The van der Waals surface area contributed by atoms with Crippen molar-refractivity contribution in [3.8, 4) is 0 Å². The average molecular weight is 444 g/mol. The molecule has 3 N–H and O–H groups in total. The van der Waals surface area contributed by atoms with Crippen molar-refractivity contribution in [1.29, 1.82) is 0 Å². The van der Waals surface area contributed by atoms with Crippen molar-refractivity contribution in [3.05, 3.63) is 69.7 Å². The molecule has 0 aliphatic carbocycles. The lowest BCUT2D eigenvalue weighted by atomic mass is 9.82. The molecular weight excluding hydrogens is 406 g/mol. The van der Waals surface area contributed by atoms with Crippen LogP contribution in [-0.2, 0) is 24.1 Å². The molecule has 0 heterocycles. The standard InChI is InChI=1S/C27H38ClNO2/c1-19(12-13-23(31)16-21-8-5-6-11-26(21)28)24-10-7-9-20(14-15-27(2,3)4)25(24)17-22(29)18-30/h5-11,19,22,30H,12-18,29H2,1-4H3/t19-,22-/m1/s1. The number of rotatable bonds is 11. The Hall–Kier alpha value is -1.68. The molecule has 0 bridgehead atoms. The SMILES string of the molecule is C[C@H](CCC(=O)Cc1ccccc1Cl)c1cccc(CCC(C)(C)C)c1C[C@@H](N)CO. The van der Waals surface area contributed by atoms with E-state index >= 15 is 0 Å². The Labute approximate surface area is 193 Å². The summed E-state index contributed by atoms with van der Waals surface area (Å²) in [6.07, 6.45) is 4.41. The summed E-state index contributed by atoms with van der Waals surface area (Å²) in [5.41, 5.74) is 11.1. The molecule has 0 aromatic heterocycles. The number of aryl methyl sites for hydroxylation is 1.